The van der Waals surface area contributed by atoms with E-state index in [1.807, 2.05) is 30.3 Å². The maximum Gasteiger partial charge on any atom is 0.136 e. The van der Waals surface area contributed by atoms with Crippen LogP contribution in [0.2, 0.25) is 0 Å². The van der Waals surface area contributed by atoms with E-state index >= 15 is 0 Å². The van der Waals surface area contributed by atoms with Crippen molar-refractivity contribution in [3.8, 4) is 6.07 Å². The number of Topliss-reactive ketones (excluding diaryl/α,β-unsaturated/α-hetero) is 1. The highest BCUT2D eigenvalue weighted by Gasteiger charge is 2.43. The van der Waals surface area contributed by atoms with Crippen LogP contribution >= 0.6 is 0 Å². The van der Waals surface area contributed by atoms with Gasteiger partial charge in [-0.25, -0.2) is 0 Å². The summed E-state index contributed by atoms with van der Waals surface area (Å²) >= 11 is 0. The molecule has 0 atom stereocenters. The predicted molar refractivity (Wildman–Crippen MR) is 52.4 cm³/mol. The SMILES string of the molecule is N#CC1(Cc2ccccc2)CC(=O)C1. The first-order valence-electron chi connectivity index (χ1n) is 4.71. The molecule has 0 amide bonds. The van der Waals surface area contributed by atoms with Crippen molar-refractivity contribution in [1.82, 2.24) is 0 Å². The molecule has 70 valence electrons. The molecule has 2 nitrogen and oxygen atoms in total. The number of hydrogen-bond donors (Lipinski definition) is 0. The molecule has 2 rings (SSSR count). The maximum absolute atomic E-state index is 10.9. The second kappa shape index (κ2) is 3.26. The van der Waals surface area contributed by atoms with Gasteiger partial charge < -0.3 is 0 Å². The molecule has 0 saturated heterocycles. The van der Waals surface area contributed by atoms with Crippen LogP contribution < -0.4 is 0 Å². The van der Waals surface area contributed by atoms with Gasteiger partial charge in [-0.1, -0.05) is 30.3 Å². The van der Waals surface area contributed by atoms with E-state index in [1.54, 1.807) is 0 Å². The summed E-state index contributed by atoms with van der Waals surface area (Å²) in [6.45, 7) is 0. The average molecular weight is 185 g/mol. The number of nitriles is 1. The largest absolute Gasteiger partial charge is 0.300 e. The first-order chi connectivity index (χ1) is 6.74. The van der Waals surface area contributed by atoms with Crippen molar-refractivity contribution >= 4 is 5.78 Å². The van der Waals surface area contributed by atoms with Gasteiger partial charge in [-0.15, -0.1) is 0 Å². The van der Waals surface area contributed by atoms with E-state index in [4.69, 9.17) is 5.26 Å². The van der Waals surface area contributed by atoms with Gasteiger partial charge in [-0.05, 0) is 12.0 Å². The van der Waals surface area contributed by atoms with Gasteiger partial charge in [0.15, 0.2) is 0 Å². The van der Waals surface area contributed by atoms with Gasteiger partial charge in [0.05, 0.1) is 11.5 Å². The summed E-state index contributed by atoms with van der Waals surface area (Å²) < 4.78 is 0. The lowest BCUT2D eigenvalue weighted by molar-refractivity contribution is -0.129. The Kier molecular flexibility index (Phi) is 2.09. The second-order valence-electron chi connectivity index (χ2n) is 3.95. The monoisotopic (exact) mass is 185 g/mol. The lowest BCUT2D eigenvalue weighted by Crippen LogP contribution is -2.38. The minimum Gasteiger partial charge on any atom is -0.300 e. The zero-order valence-corrected chi connectivity index (χ0v) is 7.86. The molecule has 0 aromatic heterocycles. The molecule has 1 aliphatic carbocycles. The molecule has 1 fully saturated rings. The Labute approximate surface area is 83.2 Å². The van der Waals surface area contributed by atoms with Crippen LogP contribution in [0.3, 0.4) is 0 Å². The number of benzene rings is 1. The fourth-order valence-corrected chi connectivity index (χ4v) is 1.93. The molecule has 0 heterocycles. The molecule has 0 radical (unpaired) electrons. The van der Waals surface area contributed by atoms with Crippen molar-refractivity contribution in [2.24, 2.45) is 5.41 Å². The quantitative estimate of drug-likeness (QED) is 0.708. The van der Waals surface area contributed by atoms with Crippen LogP contribution in [0, 0.1) is 16.7 Å². The third-order valence-electron chi connectivity index (χ3n) is 2.69. The zero-order chi connectivity index (χ0) is 10.0. The predicted octanol–water partition coefficient (Wildman–Crippen LogP) is 2.10. The molecule has 2 heteroatoms. The molecule has 0 aliphatic heterocycles. The minimum atomic E-state index is -0.404. The number of rotatable bonds is 2. The van der Waals surface area contributed by atoms with E-state index in [-0.39, 0.29) is 5.78 Å². The number of carbonyl (C=O) groups excluding carboxylic acids is 1. The molecule has 1 aromatic rings. The molecule has 0 unspecified atom stereocenters. The van der Waals surface area contributed by atoms with Crippen molar-refractivity contribution in [3.05, 3.63) is 35.9 Å². The van der Waals surface area contributed by atoms with Gasteiger partial charge in [0.1, 0.15) is 5.78 Å². The van der Waals surface area contributed by atoms with E-state index < -0.39 is 5.41 Å². The van der Waals surface area contributed by atoms with Gasteiger partial charge in [0.25, 0.3) is 0 Å². The summed E-state index contributed by atoms with van der Waals surface area (Å²) in [5, 5.41) is 9.01. The van der Waals surface area contributed by atoms with Crippen LogP contribution in [0.25, 0.3) is 0 Å². The zero-order valence-electron chi connectivity index (χ0n) is 7.86. The highest BCUT2D eigenvalue weighted by Crippen LogP contribution is 2.40. The van der Waals surface area contributed by atoms with E-state index in [1.165, 1.54) is 0 Å². The first-order valence-corrected chi connectivity index (χ1v) is 4.71. The molecular weight excluding hydrogens is 174 g/mol. The Hall–Kier alpha value is -1.62. The molecule has 1 saturated carbocycles. The fraction of sp³-hybridized carbons (Fsp3) is 0.333. The Bertz CT molecular complexity index is 381. The van der Waals surface area contributed by atoms with Crippen LogP contribution in [0.4, 0.5) is 0 Å². The third kappa shape index (κ3) is 1.54. The summed E-state index contributed by atoms with van der Waals surface area (Å²) in [5.41, 5.74) is 0.736. The molecule has 0 N–H and O–H groups in total. The molecule has 1 aromatic carbocycles. The summed E-state index contributed by atoms with van der Waals surface area (Å²) in [6, 6.07) is 12.1. The van der Waals surface area contributed by atoms with Crippen molar-refractivity contribution < 1.29 is 4.79 Å². The summed E-state index contributed by atoms with van der Waals surface area (Å²) in [7, 11) is 0. The van der Waals surface area contributed by atoms with Gasteiger partial charge in [-0.3, -0.25) is 4.79 Å². The van der Waals surface area contributed by atoms with Crippen LogP contribution in [0.1, 0.15) is 18.4 Å². The van der Waals surface area contributed by atoms with Gasteiger partial charge >= 0.3 is 0 Å². The molecule has 0 bridgehead atoms. The van der Waals surface area contributed by atoms with E-state index in [0.717, 1.165) is 5.56 Å². The van der Waals surface area contributed by atoms with Gasteiger partial charge in [0.2, 0.25) is 0 Å². The first kappa shape index (κ1) is 8.96. The lowest BCUT2D eigenvalue weighted by atomic mass is 9.66. The van der Waals surface area contributed by atoms with Crippen LogP contribution in [0.15, 0.2) is 30.3 Å². The van der Waals surface area contributed by atoms with Crippen molar-refractivity contribution in [3.63, 3.8) is 0 Å². The van der Waals surface area contributed by atoms with E-state index in [0.29, 0.717) is 19.3 Å². The second-order valence-corrected chi connectivity index (χ2v) is 3.95. The van der Waals surface area contributed by atoms with Crippen molar-refractivity contribution in [2.45, 2.75) is 19.3 Å². The highest BCUT2D eigenvalue weighted by molar-refractivity contribution is 5.87. The molecule has 1 aliphatic rings. The van der Waals surface area contributed by atoms with Gasteiger partial charge in [0, 0.05) is 12.8 Å². The lowest BCUT2D eigenvalue weighted by Gasteiger charge is -2.33. The summed E-state index contributed by atoms with van der Waals surface area (Å²) in [5.74, 6) is 0.211. The summed E-state index contributed by atoms with van der Waals surface area (Å²) in [6.07, 6.45) is 1.56. The number of hydrogen-bond acceptors (Lipinski definition) is 2. The number of ketones is 1. The van der Waals surface area contributed by atoms with Crippen molar-refractivity contribution in [1.29, 1.82) is 5.26 Å². The van der Waals surface area contributed by atoms with Crippen LogP contribution in [-0.2, 0) is 11.2 Å². The molecule has 0 spiro atoms. The van der Waals surface area contributed by atoms with E-state index in [9.17, 15) is 4.79 Å². The Morgan fingerprint density at radius 2 is 1.93 bits per heavy atom. The topological polar surface area (TPSA) is 40.9 Å². The van der Waals surface area contributed by atoms with Crippen LogP contribution in [0.5, 0.6) is 0 Å². The van der Waals surface area contributed by atoms with Crippen LogP contribution in [-0.4, -0.2) is 5.78 Å². The average Bonchev–Trinajstić information content (AvgIpc) is 2.16. The van der Waals surface area contributed by atoms with Crippen molar-refractivity contribution in [2.75, 3.05) is 0 Å². The fourth-order valence-electron chi connectivity index (χ4n) is 1.93. The standard InChI is InChI=1S/C12H11NO/c13-9-12(7-11(14)8-12)6-10-4-2-1-3-5-10/h1-5H,6-8H2. The van der Waals surface area contributed by atoms with E-state index in [2.05, 4.69) is 6.07 Å². The minimum absolute atomic E-state index is 0.211. The number of carbonyl (C=O) groups is 1. The Morgan fingerprint density at radius 1 is 1.29 bits per heavy atom. The third-order valence-corrected chi connectivity index (χ3v) is 2.69. The Morgan fingerprint density at radius 3 is 2.43 bits per heavy atom. The van der Waals surface area contributed by atoms with Gasteiger partial charge in [-0.2, -0.15) is 5.26 Å². The molecule has 14 heavy (non-hydrogen) atoms. The maximum atomic E-state index is 10.9. The normalized spacial score (nSPS) is 18.4. The number of nitrogens with zero attached hydrogens (tertiary/aromatic N) is 1. The summed E-state index contributed by atoms with van der Waals surface area (Å²) in [4.78, 5) is 10.9. The molecular formula is C12H11NO. The smallest absolute Gasteiger partial charge is 0.136 e. The highest BCUT2D eigenvalue weighted by atomic mass is 16.1. The Balaban J connectivity index is 2.11.